The predicted molar refractivity (Wildman–Crippen MR) is 36.1 cm³/mol. The second-order valence-electron chi connectivity index (χ2n) is 3.15. The highest BCUT2D eigenvalue weighted by molar-refractivity contribution is 5.82. The lowest BCUT2D eigenvalue weighted by Gasteiger charge is -2.33. The maximum Gasteiger partial charge on any atom is 0.462 e. The van der Waals surface area contributed by atoms with Crippen molar-refractivity contribution in [1.82, 2.24) is 0 Å². The van der Waals surface area contributed by atoms with Crippen LogP contribution in [0, 0.1) is 0 Å². The van der Waals surface area contributed by atoms with Gasteiger partial charge in [-0.15, -0.1) is 0 Å². The van der Waals surface area contributed by atoms with E-state index in [1.807, 2.05) is 0 Å². The number of primary amides is 1. The van der Waals surface area contributed by atoms with Gasteiger partial charge in [0.1, 0.15) is 0 Å². The molecule has 1 unspecified atom stereocenters. The molecule has 0 aromatic heterocycles. The van der Waals surface area contributed by atoms with Gasteiger partial charge in [-0.3, -0.25) is 9.53 Å². The Bertz CT molecular complexity index is 385. The van der Waals surface area contributed by atoms with E-state index >= 15 is 0 Å². The van der Waals surface area contributed by atoms with Gasteiger partial charge in [-0.2, -0.15) is 48.3 Å². The number of nitrogens with two attached hydrogens (primary N) is 1. The minimum absolute atomic E-state index is 1.77. The van der Waals surface area contributed by atoms with E-state index < -0.39 is 36.1 Å². The minimum atomic E-state index is -7.21. The first-order valence-electron chi connectivity index (χ1n) is 3.98. The average Bonchev–Trinajstić information content (AvgIpc) is 2.12. The molecule has 0 rings (SSSR count). The summed E-state index contributed by atoms with van der Waals surface area (Å²) >= 11 is 0. The van der Waals surface area contributed by atoms with E-state index in [9.17, 15) is 53.1 Å². The van der Waals surface area contributed by atoms with Gasteiger partial charge >= 0.3 is 30.2 Å². The topological polar surface area (TPSA) is 52.3 Å². The van der Waals surface area contributed by atoms with E-state index in [0.717, 1.165) is 0 Å². The summed E-state index contributed by atoms with van der Waals surface area (Å²) in [6.07, 6.45) is -20.9. The van der Waals surface area contributed by atoms with Crippen molar-refractivity contribution < 1.29 is 57.8 Å². The van der Waals surface area contributed by atoms with Crippen LogP contribution >= 0.6 is 0 Å². The number of amides is 1. The number of alkyl halides is 11. The summed E-state index contributed by atoms with van der Waals surface area (Å²) in [5.74, 6) is -16.8. The molecule has 0 aliphatic carbocycles. The van der Waals surface area contributed by atoms with Crippen LogP contribution in [0.25, 0.3) is 0 Å². The van der Waals surface area contributed by atoms with Crippen LogP contribution in [0.4, 0.5) is 48.3 Å². The summed E-state index contributed by atoms with van der Waals surface area (Å²) in [7, 11) is 0. The Hall–Kier alpha value is -1.34. The molecule has 0 aliphatic rings. The Kier molecular flexibility index (Phi) is 4.29. The molecule has 0 aliphatic heterocycles. The number of carbonyl (C=O) groups is 1. The number of hydrogen-bond donors (Lipinski definition) is 1. The van der Waals surface area contributed by atoms with Crippen molar-refractivity contribution in [1.29, 1.82) is 0 Å². The number of hydrogen-bond acceptors (Lipinski definition) is 2. The number of halogens is 11. The Morgan fingerprint density at radius 1 is 0.750 bits per heavy atom. The standard InChI is InChI=1S/C6H2F11NO2/c7-2(1(18)19,4(10,11)12)20-6(16,17)3(8,9)5(13,14)15/h(H2,18,19). The quantitative estimate of drug-likeness (QED) is 0.806. The average molecular weight is 329 g/mol. The van der Waals surface area contributed by atoms with Crippen molar-refractivity contribution in [3.8, 4) is 0 Å². The monoisotopic (exact) mass is 329 g/mol. The summed E-state index contributed by atoms with van der Waals surface area (Å²) in [6.45, 7) is 0. The summed E-state index contributed by atoms with van der Waals surface area (Å²) in [4.78, 5) is 10.1. The molecule has 0 saturated heterocycles. The molecular formula is C6H2F11NO2. The van der Waals surface area contributed by atoms with Gasteiger partial charge in [0.2, 0.25) is 0 Å². The number of rotatable bonds is 4. The fourth-order valence-corrected chi connectivity index (χ4v) is 0.654. The van der Waals surface area contributed by atoms with E-state index in [1.165, 1.54) is 0 Å². The van der Waals surface area contributed by atoms with Crippen molar-refractivity contribution in [2.45, 2.75) is 30.2 Å². The third kappa shape index (κ3) is 2.88. The van der Waals surface area contributed by atoms with Gasteiger partial charge < -0.3 is 5.73 Å². The van der Waals surface area contributed by atoms with Crippen LogP contribution in [0.3, 0.4) is 0 Å². The van der Waals surface area contributed by atoms with Crippen LogP contribution in [0.2, 0.25) is 0 Å². The normalized spacial score (nSPS) is 17.8. The summed E-state index contributed by atoms with van der Waals surface area (Å²) in [5.41, 5.74) is 3.70. The maximum atomic E-state index is 12.8. The smallest absolute Gasteiger partial charge is 0.364 e. The Balaban J connectivity index is 5.73. The SMILES string of the molecule is NC(=O)C(F)(OC(F)(F)C(F)(F)C(F)(F)F)C(F)(F)F. The molecule has 1 atom stereocenters. The summed E-state index contributed by atoms with van der Waals surface area (Å²) < 4.78 is 134. The van der Waals surface area contributed by atoms with Gasteiger partial charge in [0.05, 0.1) is 0 Å². The first kappa shape index (κ1) is 18.7. The molecular weight excluding hydrogens is 327 g/mol. The van der Waals surface area contributed by atoms with Crippen molar-refractivity contribution >= 4 is 5.91 Å². The van der Waals surface area contributed by atoms with E-state index in [-0.39, 0.29) is 0 Å². The van der Waals surface area contributed by atoms with Gasteiger partial charge in [0, 0.05) is 0 Å². The Morgan fingerprint density at radius 2 is 1.10 bits per heavy atom. The maximum absolute atomic E-state index is 12.8. The zero-order valence-electron chi connectivity index (χ0n) is 8.55. The number of carbonyl (C=O) groups excluding carboxylic acids is 1. The fraction of sp³-hybridized carbons (Fsp3) is 0.833. The molecule has 0 fully saturated rings. The lowest BCUT2D eigenvalue weighted by Crippen LogP contribution is -2.62. The molecule has 0 aromatic rings. The largest absolute Gasteiger partial charge is 0.462 e. The van der Waals surface area contributed by atoms with Gasteiger partial charge in [-0.05, 0) is 0 Å². The molecule has 1 amide bonds. The minimum Gasteiger partial charge on any atom is -0.364 e. The molecule has 0 spiro atoms. The first-order valence-corrected chi connectivity index (χ1v) is 3.98. The second-order valence-corrected chi connectivity index (χ2v) is 3.15. The van der Waals surface area contributed by atoms with Gasteiger partial charge in [-0.1, -0.05) is 0 Å². The molecule has 120 valence electrons. The van der Waals surface area contributed by atoms with E-state index in [2.05, 4.69) is 5.73 Å². The van der Waals surface area contributed by atoms with Gasteiger partial charge in [-0.25, -0.2) is 0 Å². The second kappa shape index (κ2) is 4.60. The van der Waals surface area contributed by atoms with Crippen LogP contribution in [-0.4, -0.2) is 36.1 Å². The van der Waals surface area contributed by atoms with Gasteiger partial charge in [0.25, 0.3) is 5.91 Å². The third-order valence-electron chi connectivity index (χ3n) is 1.67. The van der Waals surface area contributed by atoms with Crippen molar-refractivity contribution in [2.75, 3.05) is 0 Å². The predicted octanol–water partition coefficient (Wildman–Crippen LogP) is 2.51. The molecule has 2 N–H and O–H groups in total. The van der Waals surface area contributed by atoms with Crippen LogP contribution in [0.5, 0.6) is 0 Å². The van der Waals surface area contributed by atoms with Crippen molar-refractivity contribution in [3.05, 3.63) is 0 Å². The Labute approximate surface area is 101 Å². The van der Waals surface area contributed by atoms with E-state index in [4.69, 9.17) is 0 Å². The zero-order valence-corrected chi connectivity index (χ0v) is 8.55. The van der Waals surface area contributed by atoms with Crippen LogP contribution in [-0.2, 0) is 9.53 Å². The molecule has 0 radical (unpaired) electrons. The lowest BCUT2D eigenvalue weighted by molar-refractivity contribution is -0.472. The zero-order chi connectivity index (χ0) is 16.8. The van der Waals surface area contributed by atoms with Crippen LogP contribution in [0.15, 0.2) is 0 Å². The molecule has 0 heterocycles. The fourth-order valence-electron chi connectivity index (χ4n) is 0.654. The van der Waals surface area contributed by atoms with E-state index in [1.54, 1.807) is 4.74 Å². The molecule has 3 nitrogen and oxygen atoms in total. The summed E-state index contributed by atoms with van der Waals surface area (Å²) in [6, 6.07) is 0. The molecule has 20 heavy (non-hydrogen) atoms. The first-order chi connectivity index (χ1) is 8.40. The van der Waals surface area contributed by atoms with Crippen molar-refractivity contribution in [2.24, 2.45) is 5.73 Å². The third-order valence-corrected chi connectivity index (χ3v) is 1.67. The Morgan fingerprint density at radius 3 is 1.30 bits per heavy atom. The highest BCUT2D eigenvalue weighted by Crippen LogP contribution is 2.50. The lowest BCUT2D eigenvalue weighted by atomic mass is 10.2. The molecule has 14 heteroatoms. The summed E-state index contributed by atoms with van der Waals surface area (Å²) in [5, 5.41) is 0. The van der Waals surface area contributed by atoms with Crippen molar-refractivity contribution in [3.63, 3.8) is 0 Å². The number of ether oxygens (including phenoxy) is 1. The highest BCUT2D eigenvalue weighted by atomic mass is 19.4. The van der Waals surface area contributed by atoms with Crippen LogP contribution < -0.4 is 5.73 Å². The molecule has 0 bridgehead atoms. The highest BCUT2D eigenvalue weighted by Gasteiger charge is 2.79. The molecule has 0 aromatic carbocycles. The molecule has 0 saturated carbocycles. The van der Waals surface area contributed by atoms with E-state index in [0.29, 0.717) is 0 Å². The van der Waals surface area contributed by atoms with Crippen LogP contribution in [0.1, 0.15) is 0 Å². The van der Waals surface area contributed by atoms with Gasteiger partial charge in [0.15, 0.2) is 0 Å².